The topological polar surface area (TPSA) is 255 Å². The maximum atomic E-state index is 13.1. The van der Waals surface area contributed by atoms with Gasteiger partial charge in [-0.15, -0.1) is 0 Å². The van der Waals surface area contributed by atoms with E-state index in [0.29, 0.717) is 50.8 Å². The van der Waals surface area contributed by atoms with E-state index in [0.717, 1.165) is 0 Å². The number of likely N-dealkylation sites (tertiary alicyclic amines) is 1. The maximum absolute atomic E-state index is 13.1. The SMILES string of the molecule is CC(C)C[C@H](N)C(=O)NCC(=O)N1CCC[C@H]1C(=O)NCC(=O)N[C@@H](CCCCN)C(=O)N[C@@H](C)C(=O)N[C@@H](Cc1ccccc1)C(=O)O. The number of carbonyl (C=O) groups is 7. The number of carboxylic acids is 1. The molecule has 1 aromatic rings. The molecule has 1 fully saturated rings. The van der Waals surface area contributed by atoms with Crippen molar-refractivity contribution in [3.05, 3.63) is 35.9 Å². The van der Waals surface area contributed by atoms with Gasteiger partial charge in [-0.1, -0.05) is 44.2 Å². The summed E-state index contributed by atoms with van der Waals surface area (Å²) in [5.41, 5.74) is 12.2. The van der Waals surface area contributed by atoms with Crippen molar-refractivity contribution in [1.82, 2.24) is 31.5 Å². The number of nitrogens with two attached hydrogens (primary N) is 2. The highest BCUT2D eigenvalue weighted by molar-refractivity contribution is 5.95. The summed E-state index contributed by atoms with van der Waals surface area (Å²) in [4.78, 5) is 89.9. The summed E-state index contributed by atoms with van der Waals surface area (Å²) in [5, 5.41) is 22.2. The van der Waals surface area contributed by atoms with E-state index in [1.54, 1.807) is 30.3 Å². The van der Waals surface area contributed by atoms with Crippen molar-refractivity contribution in [2.45, 2.75) is 95.9 Å². The number of benzene rings is 1. The zero-order valence-electron chi connectivity index (χ0n) is 28.5. The fraction of sp³-hybridized carbons (Fsp3) is 0.606. The van der Waals surface area contributed by atoms with E-state index in [1.165, 1.54) is 11.8 Å². The predicted molar refractivity (Wildman–Crippen MR) is 180 cm³/mol. The molecule has 5 atom stereocenters. The molecule has 16 heteroatoms. The van der Waals surface area contributed by atoms with Gasteiger partial charge < -0.3 is 48.1 Å². The van der Waals surface area contributed by atoms with Crippen LogP contribution in [-0.2, 0) is 40.0 Å². The molecule has 16 nitrogen and oxygen atoms in total. The molecule has 2 rings (SSSR count). The number of unbranched alkanes of at least 4 members (excludes halogenated alkanes) is 1. The number of nitrogens with zero attached hydrogens (tertiary/aromatic N) is 1. The number of hydrogen-bond donors (Lipinski definition) is 8. The third-order valence-corrected chi connectivity index (χ3v) is 8.02. The second-order valence-electron chi connectivity index (χ2n) is 12.6. The van der Waals surface area contributed by atoms with Crippen LogP contribution in [0.2, 0.25) is 0 Å². The van der Waals surface area contributed by atoms with Crippen LogP contribution in [0.1, 0.15) is 64.9 Å². The van der Waals surface area contributed by atoms with Crippen LogP contribution in [0.5, 0.6) is 0 Å². The number of nitrogens with one attached hydrogen (secondary N) is 5. The second kappa shape index (κ2) is 20.7. The molecule has 1 heterocycles. The molecule has 0 aliphatic carbocycles. The predicted octanol–water partition coefficient (Wildman–Crippen LogP) is -1.49. The molecule has 272 valence electrons. The molecular formula is C33H52N8O8. The first-order valence-electron chi connectivity index (χ1n) is 16.7. The Morgan fingerprint density at radius 1 is 0.878 bits per heavy atom. The molecule has 49 heavy (non-hydrogen) atoms. The minimum Gasteiger partial charge on any atom is -0.480 e. The Hall–Kier alpha value is -4.57. The summed E-state index contributed by atoms with van der Waals surface area (Å²) in [7, 11) is 0. The average molecular weight is 689 g/mol. The van der Waals surface area contributed by atoms with Crippen LogP contribution in [-0.4, -0.2) is 108 Å². The van der Waals surface area contributed by atoms with Gasteiger partial charge in [-0.05, 0) is 63.5 Å². The summed E-state index contributed by atoms with van der Waals surface area (Å²) < 4.78 is 0. The molecule has 6 amide bonds. The minimum absolute atomic E-state index is 0.0442. The number of carbonyl (C=O) groups excluding carboxylic acids is 6. The van der Waals surface area contributed by atoms with Crippen LogP contribution in [0.3, 0.4) is 0 Å². The van der Waals surface area contributed by atoms with Gasteiger partial charge in [0, 0.05) is 13.0 Å². The molecule has 1 aliphatic rings. The zero-order valence-corrected chi connectivity index (χ0v) is 28.5. The van der Waals surface area contributed by atoms with Gasteiger partial charge in [-0.2, -0.15) is 0 Å². The fourth-order valence-corrected chi connectivity index (χ4v) is 5.37. The highest BCUT2D eigenvalue weighted by Gasteiger charge is 2.34. The lowest BCUT2D eigenvalue weighted by Crippen LogP contribution is -2.56. The fourth-order valence-electron chi connectivity index (χ4n) is 5.37. The summed E-state index contributed by atoms with van der Waals surface area (Å²) >= 11 is 0. The normalized spacial score (nSPS) is 16.5. The first kappa shape index (κ1) is 40.6. The molecule has 0 unspecified atom stereocenters. The van der Waals surface area contributed by atoms with Crippen LogP contribution >= 0.6 is 0 Å². The molecule has 0 spiro atoms. The molecule has 0 saturated carbocycles. The number of hydrogen-bond acceptors (Lipinski definition) is 9. The van der Waals surface area contributed by atoms with Gasteiger partial charge in [0.1, 0.15) is 24.2 Å². The second-order valence-corrected chi connectivity index (χ2v) is 12.6. The monoisotopic (exact) mass is 688 g/mol. The van der Waals surface area contributed by atoms with E-state index in [-0.39, 0.29) is 25.3 Å². The summed E-state index contributed by atoms with van der Waals surface area (Å²) in [6.45, 7) is 5.14. The van der Waals surface area contributed by atoms with Crippen LogP contribution < -0.4 is 38.1 Å². The van der Waals surface area contributed by atoms with Crippen molar-refractivity contribution in [3.8, 4) is 0 Å². The third kappa shape index (κ3) is 14.2. The summed E-state index contributed by atoms with van der Waals surface area (Å²) in [5.74, 6) is -4.54. The number of amides is 6. The van der Waals surface area contributed by atoms with Gasteiger partial charge in [0.05, 0.1) is 19.1 Å². The van der Waals surface area contributed by atoms with Crippen LogP contribution in [0.4, 0.5) is 0 Å². The lowest BCUT2D eigenvalue weighted by Gasteiger charge is -2.25. The van der Waals surface area contributed by atoms with E-state index in [1.807, 2.05) is 13.8 Å². The number of aliphatic carboxylic acids is 1. The van der Waals surface area contributed by atoms with Crippen molar-refractivity contribution in [3.63, 3.8) is 0 Å². The zero-order chi connectivity index (χ0) is 36.5. The van der Waals surface area contributed by atoms with Gasteiger partial charge in [0.25, 0.3) is 0 Å². The molecule has 0 aromatic heterocycles. The molecule has 1 saturated heterocycles. The number of rotatable bonds is 20. The van der Waals surface area contributed by atoms with Crippen LogP contribution in [0, 0.1) is 5.92 Å². The summed E-state index contributed by atoms with van der Waals surface area (Å²) in [6, 6.07) is 3.77. The van der Waals surface area contributed by atoms with Crippen molar-refractivity contribution in [1.29, 1.82) is 0 Å². The Labute approximate surface area is 286 Å². The van der Waals surface area contributed by atoms with E-state index in [9.17, 15) is 38.7 Å². The molecule has 0 radical (unpaired) electrons. The first-order valence-corrected chi connectivity index (χ1v) is 16.7. The minimum atomic E-state index is -1.23. The Morgan fingerprint density at radius 3 is 2.20 bits per heavy atom. The van der Waals surface area contributed by atoms with Gasteiger partial charge in [-0.3, -0.25) is 28.8 Å². The standard InChI is InChI=1S/C33H52N8O8/c1-20(2)16-23(35)30(45)37-19-28(43)41-15-9-13-26(41)32(47)36-18-27(42)39-24(12-7-8-14-34)31(46)38-21(3)29(44)40-25(33(48)49)17-22-10-5-4-6-11-22/h4-6,10-11,20-21,23-26H,7-9,12-19,34-35H2,1-3H3,(H,36,47)(H,37,45)(H,38,46)(H,39,42)(H,40,44)(H,48,49)/t21-,23-,24-,25-,26-/m0/s1. The first-order chi connectivity index (χ1) is 23.2. The highest BCUT2D eigenvalue weighted by Crippen LogP contribution is 2.17. The van der Waals surface area contributed by atoms with Crippen LogP contribution in [0.15, 0.2) is 30.3 Å². The van der Waals surface area contributed by atoms with Gasteiger partial charge in [-0.25, -0.2) is 4.79 Å². The number of carboxylic acid groups (broad SMARTS) is 1. The Balaban J connectivity index is 1.92. The maximum Gasteiger partial charge on any atom is 0.326 e. The molecular weight excluding hydrogens is 636 g/mol. The van der Waals surface area contributed by atoms with Crippen molar-refractivity contribution < 1.29 is 38.7 Å². The van der Waals surface area contributed by atoms with Gasteiger partial charge in [0.15, 0.2) is 0 Å². The van der Waals surface area contributed by atoms with Gasteiger partial charge >= 0.3 is 5.97 Å². The van der Waals surface area contributed by atoms with Gasteiger partial charge in [0.2, 0.25) is 35.4 Å². The quantitative estimate of drug-likeness (QED) is 0.0737. The molecule has 0 bridgehead atoms. The summed E-state index contributed by atoms with van der Waals surface area (Å²) in [6.07, 6.45) is 2.69. The van der Waals surface area contributed by atoms with Crippen molar-refractivity contribution >= 4 is 41.4 Å². The highest BCUT2D eigenvalue weighted by atomic mass is 16.4. The van der Waals surface area contributed by atoms with E-state index >= 15 is 0 Å². The molecule has 10 N–H and O–H groups in total. The lowest BCUT2D eigenvalue weighted by atomic mass is 10.0. The smallest absolute Gasteiger partial charge is 0.326 e. The molecule has 1 aliphatic heterocycles. The van der Waals surface area contributed by atoms with E-state index in [2.05, 4.69) is 26.6 Å². The Morgan fingerprint density at radius 2 is 1.57 bits per heavy atom. The Bertz CT molecular complexity index is 1290. The van der Waals surface area contributed by atoms with E-state index < -0.39 is 78.2 Å². The third-order valence-electron chi connectivity index (χ3n) is 8.02. The van der Waals surface area contributed by atoms with E-state index in [4.69, 9.17) is 11.5 Å². The van der Waals surface area contributed by atoms with Crippen LogP contribution in [0.25, 0.3) is 0 Å². The van der Waals surface area contributed by atoms with Crippen molar-refractivity contribution in [2.75, 3.05) is 26.2 Å². The Kier molecular flexibility index (Phi) is 17.2. The largest absolute Gasteiger partial charge is 0.480 e. The van der Waals surface area contributed by atoms with Crippen molar-refractivity contribution in [2.24, 2.45) is 17.4 Å². The lowest BCUT2D eigenvalue weighted by molar-refractivity contribution is -0.142. The molecule has 1 aromatic carbocycles. The average Bonchev–Trinajstić information content (AvgIpc) is 3.55.